The van der Waals surface area contributed by atoms with Gasteiger partial charge in [0.25, 0.3) is 0 Å². The molecular weight excluding hydrogens is 224 g/mol. The highest BCUT2D eigenvalue weighted by molar-refractivity contribution is 5.64. The molecule has 7 nitrogen and oxygen atoms in total. The van der Waals surface area contributed by atoms with Crippen molar-refractivity contribution in [2.24, 2.45) is 0 Å². The van der Waals surface area contributed by atoms with Crippen LogP contribution < -0.4 is 15.8 Å². The van der Waals surface area contributed by atoms with Crippen molar-refractivity contribution in [1.82, 2.24) is 15.3 Å². The monoisotopic (exact) mass is 240 g/mol. The molecule has 94 valence electrons. The zero-order valence-corrected chi connectivity index (χ0v) is 9.64. The van der Waals surface area contributed by atoms with E-state index in [0.29, 0.717) is 25.5 Å². The molecule has 0 aliphatic heterocycles. The third kappa shape index (κ3) is 5.55. The molecule has 0 fully saturated rings. The molecule has 17 heavy (non-hydrogen) atoms. The molecule has 0 saturated heterocycles. The number of rotatable bonds is 6. The lowest BCUT2D eigenvalue weighted by molar-refractivity contribution is 0.193. The number of anilines is 1. The van der Waals surface area contributed by atoms with Gasteiger partial charge in [0.1, 0.15) is 0 Å². The number of aryl methyl sites for hydroxylation is 1. The van der Waals surface area contributed by atoms with Crippen molar-refractivity contribution in [1.29, 1.82) is 0 Å². The zero-order chi connectivity index (χ0) is 12.7. The summed E-state index contributed by atoms with van der Waals surface area (Å²) in [4.78, 5) is 18.0. The largest absolute Gasteiger partial charge is 0.478 e. The second-order valence-electron chi connectivity index (χ2n) is 3.49. The van der Waals surface area contributed by atoms with Gasteiger partial charge in [-0.1, -0.05) is 0 Å². The number of nitrogens with two attached hydrogens (primary N) is 1. The van der Waals surface area contributed by atoms with Crippen LogP contribution in [0.2, 0.25) is 0 Å². The van der Waals surface area contributed by atoms with Gasteiger partial charge in [-0.15, -0.1) is 0 Å². The number of hydrogen-bond acceptors (Lipinski definition) is 5. The minimum atomic E-state index is -1.01. The topological polar surface area (TPSA) is 110 Å². The molecule has 1 heterocycles. The molecule has 4 N–H and O–H groups in total. The maximum absolute atomic E-state index is 10.2. The van der Waals surface area contributed by atoms with Crippen LogP contribution in [0, 0.1) is 6.92 Å². The number of ether oxygens (including phenoxy) is 1. The average molecular weight is 240 g/mol. The van der Waals surface area contributed by atoms with Gasteiger partial charge >= 0.3 is 6.09 Å². The van der Waals surface area contributed by atoms with Gasteiger partial charge in [-0.05, 0) is 19.8 Å². The standard InChI is InChI=1S/C10H16N4O3/c1-7-6-8(14-9(11)13-7)17-5-3-2-4-12-10(15)16/h6,12H,2-5H2,1H3,(H,15,16)(H2,11,13,14). The van der Waals surface area contributed by atoms with Crippen LogP contribution in [0.5, 0.6) is 5.88 Å². The van der Waals surface area contributed by atoms with E-state index < -0.39 is 6.09 Å². The first-order valence-corrected chi connectivity index (χ1v) is 5.28. The van der Waals surface area contributed by atoms with E-state index in [0.717, 1.165) is 12.1 Å². The molecule has 0 aliphatic carbocycles. The van der Waals surface area contributed by atoms with Gasteiger partial charge in [-0.25, -0.2) is 9.78 Å². The lowest BCUT2D eigenvalue weighted by atomic mass is 10.3. The fourth-order valence-corrected chi connectivity index (χ4v) is 1.23. The normalized spacial score (nSPS) is 9.94. The molecule has 0 bridgehead atoms. The molecule has 0 aliphatic rings. The number of hydrogen-bond donors (Lipinski definition) is 3. The van der Waals surface area contributed by atoms with Gasteiger partial charge in [0.15, 0.2) is 0 Å². The third-order valence-electron chi connectivity index (χ3n) is 1.95. The number of carbonyl (C=O) groups is 1. The van der Waals surface area contributed by atoms with Crippen LogP contribution in [0.4, 0.5) is 10.7 Å². The Hall–Kier alpha value is -2.05. The molecule has 0 unspecified atom stereocenters. The van der Waals surface area contributed by atoms with Crippen LogP contribution in [0.3, 0.4) is 0 Å². The first kappa shape index (κ1) is 13.0. The van der Waals surface area contributed by atoms with Crippen LogP contribution >= 0.6 is 0 Å². The Labute approximate surface area is 99.0 Å². The van der Waals surface area contributed by atoms with Gasteiger partial charge in [0.2, 0.25) is 11.8 Å². The Morgan fingerprint density at radius 2 is 2.29 bits per heavy atom. The zero-order valence-electron chi connectivity index (χ0n) is 9.64. The van der Waals surface area contributed by atoms with Crippen LogP contribution in [0.25, 0.3) is 0 Å². The number of aromatic nitrogens is 2. The van der Waals surface area contributed by atoms with E-state index in [1.807, 2.05) is 6.92 Å². The predicted octanol–water partition coefficient (Wildman–Crippen LogP) is 0.794. The Morgan fingerprint density at radius 3 is 2.94 bits per heavy atom. The highest BCUT2D eigenvalue weighted by atomic mass is 16.5. The molecule has 0 aromatic carbocycles. The van der Waals surface area contributed by atoms with Crippen molar-refractivity contribution in [2.75, 3.05) is 18.9 Å². The molecule has 7 heteroatoms. The van der Waals surface area contributed by atoms with Gasteiger partial charge in [0.05, 0.1) is 6.61 Å². The second-order valence-corrected chi connectivity index (χ2v) is 3.49. The Balaban J connectivity index is 2.20. The molecule has 0 spiro atoms. The number of nitrogens with one attached hydrogen (secondary N) is 1. The molecule has 1 aromatic heterocycles. The van der Waals surface area contributed by atoms with Crippen LogP contribution in [0.1, 0.15) is 18.5 Å². The SMILES string of the molecule is Cc1cc(OCCCCNC(=O)O)nc(N)n1. The number of amides is 1. The Morgan fingerprint density at radius 1 is 1.53 bits per heavy atom. The number of unbranched alkanes of at least 4 members (excludes halogenated alkanes) is 1. The molecular formula is C10H16N4O3. The summed E-state index contributed by atoms with van der Waals surface area (Å²) in [5, 5.41) is 10.6. The molecule has 1 amide bonds. The van der Waals surface area contributed by atoms with E-state index in [9.17, 15) is 4.79 Å². The fourth-order valence-electron chi connectivity index (χ4n) is 1.23. The van der Waals surface area contributed by atoms with E-state index in [1.165, 1.54) is 0 Å². The summed E-state index contributed by atoms with van der Waals surface area (Å²) in [6.07, 6.45) is 0.444. The lowest BCUT2D eigenvalue weighted by Gasteiger charge is -2.06. The fraction of sp³-hybridized carbons (Fsp3) is 0.500. The van der Waals surface area contributed by atoms with Crippen molar-refractivity contribution in [2.45, 2.75) is 19.8 Å². The minimum absolute atomic E-state index is 0.188. The van der Waals surface area contributed by atoms with Crippen LogP contribution in [-0.2, 0) is 0 Å². The van der Waals surface area contributed by atoms with Gasteiger partial charge in [-0.3, -0.25) is 0 Å². The predicted molar refractivity (Wildman–Crippen MR) is 61.9 cm³/mol. The Bertz CT molecular complexity index is 364. The molecule has 0 radical (unpaired) electrons. The summed E-state index contributed by atoms with van der Waals surface area (Å²) in [7, 11) is 0. The Kier molecular flexibility index (Phi) is 4.99. The van der Waals surface area contributed by atoms with Crippen LogP contribution in [0.15, 0.2) is 6.07 Å². The highest BCUT2D eigenvalue weighted by Crippen LogP contribution is 2.10. The molecule has 0 saturated carbocycles. The van der Waals surface area contributed by atoms with Crippen molar-refractivity contribution < 1.29 is 14.6 Å². The molecule has 1 aromatic rings. The quantitative estimate of drug-likeness (QED) is 0.634. The second kappa shape index (κ2) is 6.51. The van der Waals surface area contributed by atoms with Crippen molar-refractivity contribution >= 4 is 12.0 Å². The maximum atomic E-state index is 10.2. The summed E-state index contributed by atoms with van der Waals surface area (Å²) in [6.45, 7) is 2.70. The molecule has 1 rings (SSSR count). The highest BCUT2D eigenvalue weighted by Gasteiger charge is 2.00. The number of nitrogens with zero attached hydrogens (tertiary/aromatic N) is 2. The smallest absolute Gasteiger partial charge is 0.404 e. The van der Waals surface area contributed by atoms with E-state index in [-0.39, 0.29) is 5.95 Å². The summed E-state index contributed by atoms with van der Waals surface area (Å²) in [5.74, 6) is 0.633. The summed E-state index contributed by atoms with van der Waals surface area (Å²) < 4.78 is 5.37. The lowest BCUT2D eigenvalue weighted by Crippen LogP contribution is -2.22. The third-order valence-corrected chi connectivity index (χ3v) is 1.95. The number of carboxylic acid groups (broad SMARTS) is 1. The average Bonchev–Trinajstić information content (AvgIpc) is 2.21. The first-order chi connectivity index (χ1) is 8.08. The van der Waals surface area contributed by atoms with Crippen molar-refractivity contribution in [3.05, 3.63) is 11.8 Å². The minimum Gasteiger partial charge on any atom is -0.478 e. The summed E-state index contributed by atoms with van der Waals surface area (Å²) >= 11 is 0. The number of nitrogen functional groups attached to an aromatic ring is 1. The van der Waals surface area contributed by atoms with Crippen molar-refractivity contribution in [3.8, 4) is 5.88 Å². The summed E-state index contributed by atoms with van der Waals surface area (Å²) in [5.41, 5.74) is 6.22. The van der Waals surface area contributed by atoms with Crippen LogP contribution in [-0.4, -0.2) is 34.3 Å². The maximum Gasteiger partial charge on any atom is 0.404 e. The van der Waals surface area contributed by atoms with E-state index in [2.05, 4.69) is 15.3 Å². The van der Waals surface area contributed by atoms with Gasteiger partial charge < -0.3 is 20.9 Å². The first-order valence-electron chi connectivity index (χ1n) is 5.28. The van der Waals surface area contributed by atoms with E-state index >= 15 is 0 Å². The molecule has 0 atom stereocenters. The van der Waals surface area contributed by atoms with Gasteiger partial charge in [0, 0.05) is 18.3 Å². The van der Waals surface area contributed by atoms with Crippen molar-refractivity contribution in [3.63, 3.8) is 0 Å². The van der Waals surface area contributed by atoms with Gasteiger partial charge in [-0.2, -0.15) is 4.98 Å². The summed E-state index contributed by atoms with van der Waals surface area (Å²) in [6, 6.07) is 1.70. The van der Waals surface area contributed by atoms with E-state index in [1.54, 1.807) is 6.07 Å². The van der Waals surface area contributed by atoms with E-state index in [4.69, 9.17) is 15.6 Å².